The van der Waals surface area contributed by atoms with E-state index in [4.69, 9.17) is 27.9 Å². The number of amides is 1. The fourth-order valence-corrected chi connectivity index (χ4v) is 6.17. The van der Waals surface area contributed by atoms with Gasteiger partial charge in [-0.1, -0.05) is 23.2 Å². The van der Waals surface area contributed by atoms with Crippen molar-refractivity contribution in [1.82, 2.24) is 19.7 Å². The van der Waals surface area contributed by atoms with Crippen LogP contribution in [0.2, 0.25) is 10.0 Å². The van der Waals surface area contributed by atoms with Gasteiger partial charge in [0.1, 0.15) is 0 Å². The summed E-state index contributed by atoms with van der Waals surface area (Å²) in [5.74, 6) is -1.84. The molecule has 238 valence electrons. The van der Waals surface area contributed by atoms with Crippen LogP contribution in [0.15, 0.2) is 18.6 Å². The smallest absolute Gasteiger partial charge is 0.433 e. The Hall–Kier alpha value is -2.58. The second-order valence-electron chi connectivity index (χ2n) is 11.4. The number of rotatable bonds is 9. The zero-order valence-electron chi connectivity index (χ0n) is 23.2. The van der Waals surface area contributed by atoms with Crippen molar-refractivity contribution >= 4 is 35.1 Å². The van der Waals surface area contributed by atoms with Gasteiger partial charge in [-0.2, -0.15) is 31.4 Å². The lowest BCUT2D eigenvalue weighted by Crippen LogP contribution is -2.44. The van der Waals surface area contributed by atoms with Crippen LogP contribution in [0.5, 0.6) is 0 Å². The highest BCUT2D eigenvalue weighted by molar-refractivity contribution is 6.35. The third kappa shape index (κ3) is 6.75. The molecule has 2 aliphatic rings. The van der Waals surface area contributed by atoms with Gasteiger partial charge in [-0.3, -0.25) is 19.3 Å². The molecule has 0 bridgehead atoms. The molecule has 1 N–H and O–H groups in total. The first-order valence-electron chi connectivity index (χ1n) is 13.6. The molecule has 43 heavy (non-hydrogen) atoms. The molecule has 1 unspecified atom stereocenters. The minimum Gasteiger partial charge on any atom is -0.466 e. The van der Waals surface area contributed by atoms with Crippen LogP contribution >= 0.6 is 23.2 Å². The molecule has 2 heterocycles. The maximum Gasteiger partial charge on any atom is 0.433 e. The normalized spacial score (nSPS) is 22.6. The molecule has 2 aliphatic carbocycles. The molecule has 0 aliphatic heterocycles. The number of aromatic nitrogens is 3. The molecular weight excluding hydrogens is 629 g/mol. The molecule has 0 spiro atoms. The van der Waals surface area contributed by atoms with Crippen molar-refractivity contribution in [2.45, 2.75) is 76.9 Å². The van der Waals surface area contributed by atoms with E-state index in [9.17, 15) is 41.0 Å². The number of carbonyl (C=O) groups is 2. The predicted octanol–water partition coefficient (Wildman–Crippen LogP) is 6.81. The first kappa shape index (κ1) is 33.3. The standard InChI is InChI=1S/C27H30Cl2F6N4O4/c1-3-43-23(42)24(2)6-4-15(5-7-24)39-21(26(30,31)32)16(10-37-39)22(41)38(14-25(8-9-25)27(33,34)35)13-19(40)20-17(28)11-36-12-18(20)29/h10-12,15,19,40H,3-9,13-14H2,1-2H3/t15-,19?,24-. The Morgan fingerprint density at radius 2 is 1.67 bits per heavy atom. The maximum atomic E-state index is 14.5. The van der Waals surface area contributed by atoms with Gasteiger partial charge in [-0.25, -0.2) is 0 Å². The van der Waals surface area contributed by atoms with Crippen molar-refractivity contribution in [3.8, 4) is 0 Å². The number of nitrogens with zero attached hydrogens (tertiary/aromatic N) is 4. The van der Waals surface area contributed by atoms with Crippen molar-refractivity contribution < 1.29 is 45.8 Å². The van der Waals surface area contributed by atoms with Gasteiger partial charge in [0.15, 0.2) is 5.69 Å². The Morgan fingerprint density at radius 3 is 2.16 bits per heavy atom. The minimum absolute atomic E-state index is 0.117. The number of alkyl halides is 6. The van der Waals surface area contributed by atoms with Crippen LogP contribution in [-0.2, 0) is 15.7 Å². The SMILES string of the molecule is CCOC(=O)[C@]1(C)CC[C@@H](n2ncc(C(=O)N(CC(O)c3c(Cl)cncc3Cl)CC3(C(F)(F)F)CC3)c2C(F)(F)F)CC1. The summed E-state index contributed by atoms with van der Waals surface area (Å²) in [5, 5.41) is 14.5. The van der Waals surface area contributed by atoms with Crippen LogP contribution in [0.1, 0.15) is 86.1 Å². The van der Waals surface area contributed by atoms with Crippen LogP contribution in [0.4, 0.5) is 26.3 Å². The minimum atomic E-state index is -5.10. The molecule has 2 aromatic rings. The van der Waals surface area contributed by atoms with E-state index in [-0.39, 0.29) is 60.7 Å². The highest BCUT2D eigenvalue weighted by Gasteiger charge is 2.64. The molecule has 1 atom stereocenters. The Morgan fingerprint density at radius 1 is 1.09 bits per heavy atom. The first-order chi connectivity index (χ1) is 19.9. The summed E-state index contributed by atoms with van der Waals surface area (Å²) >= 11 is 12.1. The van der Waals surface area contributed by atoms with Crippen LogP contribution in [-0.4, -0.2) is 62.5 Å². The summed E-state index contributed by atoms with van der Waals surface area (Å²) in [6, 6.07) is -0.834. The summed E-state index contributed by atoms with van der Waals surface area (Å²) in [6.45, 7) is 1.65. The third-order valence-corrected chi connectivity index (χ3v) is 8.92. The molecule has 16 heteroatoms. The van der Waals surface area contributed by atoms with E-state index in [1.807, 2.05) is 0 Å². The molecule has 0 radical (unpaired) electrons. The summed E-state index contributed by atoms with van der Waals surface area (Å²) in [6.07, 6.45) is -8.67. The quantitative estimate of drug-likeness (QED) is 0.235. The summed E-state index contributed by atoms with van der Waals surface area (Å²) in [4.78, 5) is 30.4. The van der Waals surface area contributed by atoms with Crippen LogP contribution in [0, 0.1) is 10.8 Å². The second-order valence-corrected chi connectivity index (χ2v) is 12.2. The Labute approximate surface area is 253 Å². The van der Waals surface area contributed by atoms with E-state index in [1.54, 1.807) is 13.8 Å². The van der Waals surface area contributed by atoms with Gasteiger partial charge in [0.25, 0.3) is 5.91 Å². The van der Waals surface area contributed by atoms with Crippen molar-refractivity contribution in [2.75, 3.05) is 19.7 Å². The summed E-state index contributed by atoms with van der Waals surface area (Å²) < 4.78 is 91.0. The number of halogens is 8. The maximum absolute atomic E-state index is 14.5. The number of esters is 1. The van der Waals surface area contributed by atoms with Gasteiger partial charge in [0, 0.05) is 24.5 Å². The first-order valence-corrected chi connectivity index (χ1v) is 14.3. The number of hydrogen-bond acceptors (Lipinski definition) is 6. The summed E-state index contributed by atoms with van der Waals surface area (Å²) in [7, 11) is 0. The number of aliphatic hydroxyl groups is 1. The van der Waals surface area contributed by atoms with Gasteiger partial charge >= 0.3 is 18.3 Å². The van der Waals surface area contributed by atoms with E-state index in [2.05, 4.69) is 10.1 Å². The van der Waals surface area contributed by atoms with Crippen molar-refractivity contribution in [2.24, 2.45) is 10.8 Å². The van der Waals surface area contributed by atoms with E-state index in [0.29, 0.717) is 15.8 Å². The average Bonchev–Trinajstić information content (AvgIpc) is 3.56. The van der Waals surface area contributed by atoms with Gasteiger partial charge in [0.05, 0.1) is 57.9 Å². The molecule has 4 rings (SSSR count). The van der Waals surface area contributed by atoms with Crippen molar-refractivity contribution in [3.63, 3.8) is 0 Å². The van der Waals surface area contributed by atoms with Crippen LogP contribution < -0.4 is 0 Å². The topological polar surface area (TPSA) is 97.6 Å². The fraction of sp³-hybridized carbons (Fsp3) is 0.630. The Balaban J connectivity index is 1.68. The highest BCUT2D eigenvalue weighted by Crippen LogP contribution is 2.58. The zero-order valence-corrected chi connectivity index (χ0v) is 24.7. The van der Waals surface area contributed by atoms with E-state index in [1.165, 1.54) is 0 Å². The lowest BCUT2D eigenvalue weighted by Gasteiger charge is -2.36. The predicted molar refractivity (Wildman–Crippen MR) is 142 cm³/mol. The number of hydrogen-bond donors (Lipinski definition) is 1. The van der Waals surface area contributed by atoms with Crippen LogP contribution in [0.25, 0.3) is 0 Å². The number of pyridine rings is 1. The van der Waals surface area contributed by atoms with Gasteiger partial charge in [-0.05, 0) is 52.4 Å². The van der Waals surface area contributed by atoms with Crippen LogP contribution in [0.3, 0.4) is 0 Å². The fourth-order valence-electron chi connectivity index (χ4n) is 5.55. The largest absolute Gasteiger partial charge is 0.466 e. The molecule has 1 amide bonds. The van der Waals surface area contributed by atoms with E-state index >= 15 is 0 Å². The zero-order chi connectivity index (χ0) is 32.0. The molecule has 0 saturated heterocycles. The van der Waals surface area contributed by atoms with E-state index in [0.717, 1.165) is 12.4 Å². The number of carbonyl (C=O) groups excluding carboxylic acids is 2. The van der Waals surface area contributed by atoms with Crippen molar-refractivity contribution in [3.05, 3.63) is 45.5 Å². The molecule has 2 aromatic heterocycles. The molecule has 2 fully saturated rings. The molecule has 2 saturated carbocycles. The molecule has 0 aromatic carbocycles. The number of aliphatic hydroxyl groups excluding tert-OH is 1. The summed E-state index contributed by atoms with van der Waals surface area (Å²) in [5.41, 5.74) is -5.73. The average molecular weight is 659 g/mol. The second kappa shape index (κ2) is 12.1. The highest BCUT2D eigenvalue weighted by atomic mass is 35.5. The van der Waals surface area contributed by atoms with Gasteiger partial charge in [0.2, 0.25) is 0 Å². The third-order valence-electron chi connectivity index (χ3n) is 8.32. The lowest BCUT2D eigenvalue weighted by molar-refractivity contribution is -0.190. The van der Waals surface area contributed by atoms with Gasteiger partial charge in [-0.15, -0.1) is 0 Å². The molecular formula is C27H30Cl2F6N4O4. The lowest BCUT2D eigenvalue weighted by atomic mass is 9.74. The monoisotopic (exact) mass is 658 g/mol. The van der Waals surface area contributed by atoms with E-state index < -0.39 is 71.6 Å². The number of ether oxygens (including phenoxy) is 1. The Bertz CT molecular complexity index is 1330. The van der Waals surface area contributed by atoms with Gasteiger partial charge < -0.3 is 14.7 Å². The molecule has 8 nitrogen and oxygen atoms in total. The Kier molecular flexibility index (Phi) is 9.35. The van der Waals surface area contributed by atoms with Crippen molar-refractivity contribution in [1.29, 1.82) is 0 Å².